The van der Waals surface area contributed by atoms with Crippen molar-refractivity contribution < 1.29 is 19.4 Å². The van der Waals surface area contributed by atoms with Gasteiger partial charge in [0.25, 0.3) is 0 Å². The SMILES string of the molecule is O=C(O)C1CN(C(=O)C2CCNc3ccccc32)CCO1. The number of hydrogen-bond donors (Lipinski definition) is 2. The van der Waals surface area contributed by atoms with Gasteiger partial charge in [0.2, 0.25) is 5.91 Å². The van der Waals surface area contributed by atoms with Gasteiger partial charge in [0.05, 0.1) is 19.1 Å². The first kappa shape index (κ1) is 13.9. The number of amides is 1. The molecule has 0 bridgehead atoms. The van der Waals surface area contributed by atoms with Crippen LogP contribution < -0.4 is 5.32 Å². The van der Waals surface area contributed by atoms with E-state index in [1.165, 1.54) is 0 Å². The number of fused-ring (bicyclic) bond motifs is 1. The number of rotatable bonds is 2. The molecule has 0 aromatic heterocycles. The number of nitrogens with zero attached hydrogens (tertiary/aromatic N) is 1. The first-order valence-corrected chi connectivity index (χ1v) is 7.13. The number of ether oxygens (including phenoxy) is 1. The Morgan fingerprint density at radius 3 is 2.95 bits per heavy atom. The zero-order chi connectivity index (χ0) is 14.8. The Hall–Kier alpha value is -2.08. The fraction of sp³-hybridized carbons (Fsp3) is 0.467. The molecule has 0 saturated carbocycles. The minimum atomic E-state index is -1.02. The molecule has 0 radical (unpaired) electrons. The van der Waals surface area contributed by atoms with Gasteiger partial charge in [0.1, 0.15) is 0 Å². The lowest BCUT2D eigenvalue weighted by Crippen LogP contribution is -2.50. The molecule has 2 aliphatic rings. The Morgan fingerprint density at radius 1 is 1.33 bits per heavy atom. The summed E-state index contributed by atoms with van der Waals surface area (Å²) in [5, 5.41) is 12.3. The summed E-state index contributed by atoms with van der Waals surface area (Å²) >= 11 is 0. The maximum absolute atomic E-state index is 12.7. The average molecular weight is 290 g/mol. The summed E-state index contributed by atoms with van der Waals surface area (Å²) in [6, 6.07) is 7.78. The first-order chi connectivity index (χ1) is 10.2. The molecule has 1 aromatic carbocycles. The smallest absolute Gasteiger partial charge is 0.334 e. The van der Waals surface area contributed by atoms with Gasteiger partial charge in [-0.1, -0.05) is 18.2 Å². The van der Waals surface area contributed by atoms with E-state index in [1.807, 2.05) is 24.3 Å². The molecule has 2 atom stereocenters. The molecule has 112 valence electrons. The fourth-order valence-corrected chi connectivity index (χ4v) is 2.94. The Labute approximate surface area is 122 Å². The van der Waals surface area contributed by atoms with E-state index >= 15 is 0 Å². The molecular formula is C15H18N2O4. The average Bonchev–Trinajstić information content (AvgIpc) is 2.53. The largest absolute Gasteiger partial charge is 0.479 e. The third-order valence-corrected chi connectivity index (χ3v) is 4.04. The Kier molecular flexibility index (Phi) is 3.79. The van der Waals surface area contributed by atoms with Gasteiger partial charge in [0.15, 0.2) is 6.10 Å². The number of hydrogen-bond acceptors (Lipinski definition) is 4. The molecular weight excluding hydrogens is 272 g/mol. The summed E-state index contributed by atoms with van der Waals surface area (Å²) in [5.41, 5.74) is 1.98. The molecule has 2 heterocycles. The summed E-state index contributed by atoms with van der Waals surface area (Å²) in [5.74, 6) is -1.22. The van der Waals surface area contributed by atoms with E-state index in [0.717, 1.165) is 24.2 Å². The van der Waals surface area contributed by atoms with Gasteiger partial charge in [-0.25, -0.2) is 4.79 Å². The summed E-state index contributed by atoms with van der Waals surface area (Å²) in [6.45, 7) is 1.60. The summed E-state index contributed by atoms with van der Waals surface area (Å²) in [4.78, 5) is 25.4. The van der Waals surface area contributed by atoms with E-state index in [0.29, 0.717) is 6.54 Å². The maximum Gasteiger partial charge on any atom is 0.334 e. The standard InChI is InChI=1S/C15H18N2O4/c18-14(17-7-8-21-13(9-17)15(19)20)11-5-6-16-12-4-2-1-3-10(11)12/h1-4,11,13,16H,5-9H2,(H,19,20). The van der Waals surface area contributed by atoms with Crippen molar-refractivity contribution >= 4 is 17.6 Å². The van der Waals surface area contributed by atoms with Crippen LogP contribution in [-0.4, -0.2) is 54.2 Å². The number of carbonyl (C=O) groups excluding carboxylic acids is 1. The number of nitrogens with one attached hydrogen (secondary N) is 1. The number of anilines is 1. The van der Waals surface area contributed by atoms with Crippen molar-refractivity contribution in [3.8, 4) is 0 Å². The topological polar surface area (TPSA) is 78.9 Å². The zero-order valence-corrected chi connectivity index (χ0v) is 11.6. The number of aliphatic carboxylic acids is 1. The van der Waals surface area contributed by atoms with Crippen LogP contribution in [0, 0.1) is 0 Å². The number of carboxylic acids is 1. The molecule has 0 aliphatic carbocycles. The highest BCUT2D eigenvalue weighted by molar-refractivity contribution is 5.87. The van der Waals surface area contributed by atoms with E-state index in [-0.39, 0.29) is 25.0 Å². The van der Waals surface area contributed by atoms with E-state index in [1.54, 1.807) is 4.90 Å². The van der Waals surface area contributed by atoms with Crippen molar-refractivity contribution in [1.82, 2.24) is 4.90 Å². The van der Waals surface area contributed by atoms with Gasteiger partial charge < -0.3 is 20.1 Å². The van der Waals surface area contributed by atoms with Crippen LogP contribution in [0.25, 0.3) is 0 Å². The molecule has 1 aromatic rings. The molecule has 1 saturated heterocycles. The highest BCUT2D eigenvalue weighted by Crippen LogP contribution is 2.33. The lowest BCUT2D eigenvalue weighted by atomic mass is 9.89. The number of carbonyl (C=O) groups is 2. The van der Waals surface area contributed by atoms with Gasteiger partial charge in [-0.15, -0.1) is 0 Å². The third-order valence-electron chi connectivity index (χ3n) is 4.04. The third kappa shape index (κ3) is 2.71. The minimum Gasteiger partial charge on any atom is -0.479 e. The second kappa shape index (κ2) is 5.73. The number of carboxylic acid groups (broad SMARTS) is 1. The lowest BCUT2D eigenvalue weighted by Gasteiger charge is -2.35. The van der Waals surface area contributed by atoms with Gasteiger partial charge in [-0.05, 0) is 18.1 Å². The molecule has 2 unspecified atom stereocenters. The van der Waals surface area contributed by atoms with Crippen LogP contribution >= 0.6 is 0 Å². The van der Waals surface area contributed by atoms with Crippen molar-refractivity contribution in [2.45, 2.75) is 18.4 Å². The molecule has 1 fully saturated rings. The van der Waals surface area contributed by atoms with Crippen LogP contribution in [0.4, 0.5) is 5.69 Å². The summed E-state index contributed by atoms with van der Waals surface area (Å²) in [6.07, 6.45) is -0.190. The first-order valence-electron chi connectivity index (χ1n) is 7.13. The Bertz CT molecular complexity index is 560. The molecule has 6 heteroatoms. The second-order valence-electron chi connectivity index (χ2n) is 5.34. The van der Waals surface area contributed by atoms with Gasteiger partial charge in [-0.3, -0.25) is 4.79 Å². The van der Waals surface area contributed by atoms with E-state index < -0.39 is 12.1 Å². The molecule has 3 rings (SSSR count). The van der Waals surface area contributed by atoms with Crippen LogP contribution in [0.3, 0.4) is 0 Å². The van der Waals surface area contributed by atoms with Crippen LogP contribution in [0.15, 0.2) is 24.3 Å². The van der Waals surface area contributed by atoms with Crippen molar-refractivity contribution in [1.29, 1.82) is 0 Å². The van der Waals surface area contributed by atoms with Crippen LogP contribution in [-0.2, 0) is 14.3 Å². The normalized spacial score (nSPS) is 24.9. The van der Waals surface area contributed by atoms with Crippen LogP contribution in [0.5, 0.6) is 0 Å². The van der Waals surface area contributed by atoms with Crippen molar-refractivity contribution in [2.75, 3.05) is 31.6 Å². The Balaban J connectivity index is 1.78. The van der Waals surface area contributed by atoms with E-state index in [2.05, 4.69) is 5.32 Å². The number of morpholine rings is 1. The number of benzene rings is 1. The van der Waals surface area contributed by atoms with Crippen molar-refractivity contribution in [3.63, 3.8) is 0 Å². The summed E-state index contributed by atoms with van der Waals surface area (Å²) < 4.78 is 5.17. The van der Waals surface area contributed by atoms with Crippen LogP contribution in [0.1, 0.15) is 17.9 Å². The summed E-state index contributed by atoms with van der Waals surface area (Å²) in [7, 11) is 0. The molecule has 1 amide bonds. The van der Waals surface area contributed by atoms with Crippen molar-refractivity contribution in [3.05, 3.63) is 29.8 Å². The predicted molar refractivity (Wildman–Crippen MR) is 76.2 cm³/mol. The second-order valence-corrected chi connectivity index (χ2v) is 5.34. The zero-order valence-electron chi connectivity index (χ0n) is 11.6. The fourth-order valence-electron chi connectivity index (χ4n) is 2.94. The van der Waals surface area contributed by atoms with Crippen LogP contribution in [0.2, 0.25) is 0 Å². The maximum atomic E-state index is 12.7. The Morgan fingerprint density at radius 2 is 2.14 bits per heavy atom. The molecule has 2 aliphatic heterocycles. The van der Waals surface area contributed by atoms with E-state index in [4.69, 9.17) is 9.84 Å². The molecule has 2 N–H and O–H groups in total. The monoisotopic (exact) mass is 290 g/mol. The van der Waals surface area contributed by atoms with Gasteiger partial charge >= 0.3 is 5.97 Å². The number of para-hydroxylation sites is 1. The lowest BCUT2D eigenvalue weighted by molar-refractivity contribution is -0.159. The minimum absolute atomic E-state index is 0.00139. The molecule has 6 nitrogen and oxygen atoms in total. The van der Waals surface area contributed by atoms with Gasteiger partial charge in [0, 0.05) is 18.8 Å². The van der Waals surface area contributed by atoms with E-state index in [9.17, 15) is 9.59 Å². The molecule has 21 heavy (non-hydrogen) atoms. The highest BCUT2D eigenvalue weighted by Gasteiger charge is 2.34. The quantitative estimate of drug-likeness (QED) is 0.846. The predicted octanol–water partition coefficient (Wildman–Crippen LogP) is 0.898. The molecule has 0 spiro atoms. The highest BCUT2D eigenvalue weighted by atomic mass is 16.5. The van der Waals surface area contributed by atoms with Gasteiger partial charge in [-0.2, -0.15) is 0 Å². The van der Waals surface area contributed by atoms with Crippen molar-refractivity contribution in [2.24, 2.45) is 0 Å².